The maximum Gasteiger partial charge on any atom is 0.514 e. The molecule has 10 nitrogen and oxygen atoms in total. The molecule has 0 spiro atoms. The molecule has 0 aliphatic carbocycles. The molecule has 0 saturated carbocycles. The highest BCUT2D eigenvalue weighted by atomic mass is 16.7. The zero-order chi connectivity index (χ0) is 39.1. The number of aryl methyl sites for hydroxylation is 1. The number of carbonyl (C=O) groups is 1. The Hall–Kier alpha value is -3.70. The Kier molecular flexibility index (Phi) is 17.0. The van der Waals surface area contributed by atoms with E-state index >= 15 is 0 Å². The topological polar surface area (TPSA) is 104 Å². The van der Waals surface area contributed by atoms with Gasteiger partial charge < -0.3 is 37.7 Å². The molecular formula is C43H63NO9. The Labute approximate surface area is 317 Å². The van der Waals surface area contributed by atoms with Crippen LogP contribution in [0.4, 0.5) is 4.79 Å². The zero-order valence-electron chi connectivity index (χ0n) is 33.8. The molecule has 2 aromatic carbocycles. The van der Waals surface area contributed by atoms with Gasteiger partial charge in [0.05, 0.1) is 51.9 Å². The van der Waals surface area contributed by atoms with Gasteiger partial charge in [0.15, 0.2) is 5.75 Å². The van der Waals surface area contributed by atoms with Crippen molar-refractivity contribution < 1.29 is 38.0 Å². The number of nitrogens with zero attached hydrogens (tertiary/aromatic N) is 1. The summed E-state index contributed by atoms with van der Waals surface area (Å²) in [6, 6.07) is 15.6. The molecule has 294 valence electrons. The van der Waals surface area contributed by atoms with Gasteiger partial charge >= 0.3 is 6.16 Å². The van der Waals surface area contributed by atoms with Crippen LogP contribution in [0.2, 0.25) is 0 Å². The first-order valence-electron chi connectivity index (χ1n) is 18.7. The van der Waals surface area contributed by atoms with Gasteiger partial charge in [0.2, 0.25) is 5.43 Å². The highest BCUT2D eigenvalue weighted by molar-refractivity contribution is 5.67. The lowest BCUT2D eigenvalue weighted by Crippen LogP contribution is -2.28. The van der Waals surface area contributed by atoms with Crippen molar-refractivity contribution in [3.63, 3.8) is 0 Å². The molecule has 53 heavy (non-hydrogen) atoms. The Morgan fingerprint density at radius 2 is 1.19 bits per heavy atom. The fourth-order valence-corrected chi connectivity index (χ4v) is 5.52. The van der Waals surface area contributed by atoms with Crippen LogP contribution in [0.5, 0.6) is 11.5 Å². The molecule has 1 heterocycles. The van der Waals surface area contributed by atoms with Gasteiger partial charge in [-0.2, -0.15) is 0 Å². The van der Waals surface area contributed by atoms with E-state index in [1.54, 1.807) is 6.20 Å². The molecule has 0 radical (unpaired) electrons. The smallest absolute Gasteiger partial charge is 0.483 e. The monoisotopic (exact) mass is 737 g/mol. The fraction of sp³-hybridized carbons (Fsp3) is 0.581. The Morgan fingerprint density at radius 3 is 1.72 bits per heavy atom. The highest BCUT2D eigenvalue weighted by Gasteiger charge is 2.30. The fourth-order valence-electron chi connectivity index (χ4n) is 5.52. The number of carbonyl (C=O) groups excluding carboxylic acids is 1. The van der Waals surface area contributed by atoms with Crippen molar-refractivity contribution in [1.29, 1.82) is 0 Å². The Bertz CT molecular complexity index is 1580. The summed E-state index contributed by atoms with van der Waals surface area (Å²) in [7, 11) is 0. The molecule has 1 aromatic heterocycles. The van der Waals surface area contributed by atoms with Crippen LogP contribution in [0.25, 0.3) is 0 Å². The maximum atomic E-state index is 12.7. The third kappa shape index (κ3) is 15.7. The lowest BCUT2D eigenvalue weighted by molar-refractivity contribution is -0.00276. The van der Waals surface area contributed by atoms with Crippen LogP contribution in [0, 0.1) is 6.92 Å². The number of rotatable bonds is 20. The quantitative estimate of drug-likeness (QED) is 0.0643. The maximum absolute atomic E-state index is 12.7. The van der Waals surface area contributed by atoms with Crippen LogP contribution in [0.3, 0.4) is 0 Å². The van der Waals surface area contributed by atoms with E-state index in [-0.39, 0.29) is 16.3 Å². The van der Waals surface area contributed by atoms with E-state index in [1.165, 1.54) is 11.6 Å². The third-order valence-corrected chi connectivity index (χ3v) is 8.30. The number of hydrogen-bond acceptors (Lipinski definition) is 9. The summed E-state index contributed by atoms with van der Waals surface area (Å²) in [4.78, 5) is 25.1. The normalized spacial score (nSPS) is 12.2. The van der Waals surface area contributed by atoms with Crippen LogP contribution < -0.4 is 14.9 Å². The van der Waals surface area contributed by atoms with Crippen molar-refractivity contribution in [2.24, 2.45) is 0 Å². The van der Waals surface area contributed by atoms with Gasteiger partial charge in [0.1, 0.15) is 18.0 Å². The molecule has 0 bridgehead atoms. The number of ether oxygens (including phenoxy) is 7. The molecule has 10 heteroatoms. The predicted octanol–water partition coefficient (Wildman–Crippen LogP) is 8.34. The van der Waals surface area contributed by atoms with Crippen molar-refractivity contribution in [2.75, 3.05) is 52.9 Å². The summed E-state index contributed by atoms with van der Waals surface area (Å²) in [6.07, 6.45) is 2.77. The van der Waals surface area contributed by atoms with Crippen LogP contribution in [0.1, 0.15) is 96.7 Å². The van der Waals surface area contributed by atoms with E-state index in [2.05, 4.69) is 53.7 Å². The van der Waals surface area contributed by atoms with E-state index in [0.29, 0.717) is 77.5 Å². The van der Waals surface area contributed by atoms with Gasteiger partial charge in [-0.1, -0.05) is 84.0 Å². The minimum Gasteiger partial charge on any atom is -0.483 e. The Balaban J connectivity index is 1.29. The van der Waals surface area contributed by atoms with Gasteiger partial charge in [0, 0.05) is 36.5 Å². The first-order chi connectivity index (χ1) is 25.0. The van der Waals surface area contributed by atoms with Crippen LogP contribution >= 0.6 is 0 Å². The van der Waals surface area contributed by atoms with Crippen LogP contribution in [-0.4, -0.2) is 69.2 Å². The molecular weight excluding hydrogens is 674 g/mol. The van der Waals surface area contributed by atoms with Crippen LogP contribution in [-0.2, 0) is 54.1 Å². The molecule has 0 aliphatic rings. The van der Waals surface area contributed by atoms with Gasteiger partial charge in [-0.25, -0.2) is 4.79 Å². The SMILES string of the molecule is Cc1c(OCc2ccccc2)c(=O)ccn1CCOCCOCCOCCOCCCc1cc(C(C)(C)C)c(OC(=O)OC(C)(C)C)c(C(C)(C)C)c1. The van der Waals surface area contributed by atoms with Gasteiger partial charge in [-0.05, 0) is 62.5 Å². The Morgan fingerprint density at radius 1 is 0.660 bits per heavy atom. The highest BCUT2D eigenvalue weighted by Crippen LogP contribution is 2.41. The first kappa shape index (κ1) is 43.7. The zero-order valence-corrected chi connectivity index (χ0v) is 33.8. The van der Waals surface area contributed by atoms with E-state index in [4.69, 9.17) is 33.2 Å². The number of hydrogen-bond donors (Lipinski definition) is 0. The second kappa shape index (κ2) is 20.7. The molecule has 0 amide bonds. The summed E-state index contributed by atoms with van der Waals surface area (Å²) in [5.41, 5.74) is 3.67. The molecule has 0 aliphatic heterocycles. The summed E-state index contributed by atoms with van der Waals surface area (Å²) >= 11 is 0. The molecule has 3 aromatic rings. The third-order valence-electron chi connectivity index (χ3n) is 8.30. The summed E-state index contributed by atoms with van der Waals surface area (Å²) < 4.78 is 42.1. The van der Waals surface area contributed by atoms with Crippen molar-refractivity contribution >= 4 is 6.16 Å². The molecule has 0 atom stereocenters. The number of pyridine rings is 1. The average Bonchev–Trinajstić information content (AvgIpc) is 3.06. The summed E-state index contributed by atoms with van der Waals surface area (Å²) in [6.45, 7) is 25.1. The van der Waals surface area contributed by atoms with Crippen molar-refractivity contribution in [3.05, 3.63) is 92.9 Å². The first-order valence-corrected chi connectivity index (χ1v) is 18.7. The van der Waals surface area contributed by atoms with Gasteiger partial charge in [-0.15, -0.1) is 0 Å². The predicted molar refractivity (Wildman–Crippen MR) is 209 cm³/mol. The molecule has 3 rings (SSSR count). The summed E-state index contributed by atoms with van der Waals surface area (Å²) in [5.74, 6) is 0.955. The molecule has 0 saturated heterocycles. The second-order valence-electron chi connectivity index (χ2n) is 16.2. The van der Waals surface area contributed by atoms with Crippen molar-refractivity contribution in [2.45, 2.75) is 112 Å². The standard InChI is InChI=1S/C43H63NO9/c1-32-38(51-31-33-15-12-11-13-16-33)37(45)18-19-44(32)20-22-48-24-26-50-28-27-49-25-23-47-21-14-17-34-29-35(41(2,3)4)39(36(30-34)42(5,6)7)52-40(46)53-43(8,9)10/h11-13,15-16,18-19,29-30H,14,17,20-28,31H2,1-10H3. The number of benzene rings is 2. The molecule has 0 unspecified atom stereocenters. The lowest BCUT2D eigenvalue weighted by atomic mass is 9.78. The minimum atomic E-state index is -0.691. The van der Waals surface area contributed by atoms with Gasteiger partial charge in [0.25, 0.3) is 0 Å². The van der Waals surface area contributed by atoms with E-state index in [1.807, 2.05) is 62.6 Å². The largest absolute Gasteiger partial charge is 0.514 e. The van der Waals surface area contributed by atoms with Gasteiger partial charge in [-0.3, -0.25) is 4.79 Å². The van der Waals surface area contributed by atoms with Crippen LogP contribution in [0.15, 0.2) is 59.5 Å². The van der Waals surface area contributed by atoms with E-state index < -0.39 is 11.8 Å². The lowest BCUT2D eigenvalue weighted by Gasteiger charge is -2.30. The minimum absolute atomic E-state index is 0.129. The summed E-state index contributed by atoms with van der Waals surface area (Å²) in [5, 5.41) is 0. The average molecular weight is 738 g/mol. The second-order valence-corrected chi connectivity index (χ2v) is 16.2. The van der Waals surface area contributed by atoms with Crippen molar-refractivity contribution in [1.82, 2.24) is 4.57 Å². The van der Waals surface area contributed by atoms with Crippen molar-refractivity contribution in [3.8, 4) is 11.5 Å². The van der Waals surface area contributed by atoms with E-state index in [0.717, 1.165) is 35.2 Å². The van der Waals surface area contributed by atoms with E-state index in [9.17, 15) is 9.59 Å². The number of aromatic nitrogens is 1. The molecule has 0 N–H and O–H groups in total. The molecule has 0 fully saturated rings.